The van der Waals surface area contributed by atoms with Crippen molar-refractivity contribution in [1.29, 1.82) is 0 Å². The van der Waals surface area contributed by atoms with E-state index in [1.807, 2.05) is 7.05 Å². The van der Waals surface area contributed by atoms with Crippen LogP contribution in [0.1, 0.15) is 0 Å². The third-order valence-electron chi connectivity index (χ3n) is 5.17. The van der Waals surface area contributed by atoms with Gasteiger partial charge in [-0.25, -0.2) is 0 Å². The summed E-state index contributed by atoms with van der Waals surface area (Å²) in [7, 11) is 1.95. The van der Waals surface area contributed by atoms with Gasteiger partial charge in [-0.15, -0.1) is 0 Å². The van der Waals surface area contributed by atoms with Crippen LogP contribution in [0.5, 0.6) is 0 Å². The lowest BCUT2D eigenvalue weighted by Crippen LogP contribution is -1.93. The summed E-state index contributed by atoms with van der Waals surface area (Å²) in [4.78, 5) is 0. The summed E-state index contributed by atoms with van der Waals surface area (Å²) in [6, 6.07) is 34.5. The van der Waals surface area contributed by atoms with Crippen molar-refractivity contribution < 1.29 is 0 Å². The number of para-hydroxylation sites is 2. The van der Waals surface area contributed by atoms with Gasteiger partial charge < -0.3 is 9.88 Å². The molecule has 1 N–H and O–H groups in total. The minimum absolute atomic E-state index is 1.12. The number of aromatic nitrogens is 1. The van der Waals surface area contributed by atoms with Gasteiger partial charge in [-0.1, -0.05) is 60.7 Å². The normalized spacial score (nSPS) is 11.1. The molecule has 2 nitrogen and oxygen atoms in total. The van der Waals surface area contributed by atoms with Crippen molar-refractivity contribution in [3.05, 3.63) is 97.1 Å². The Kier molecular flexibility index (Phi) is 3.68. The Morgan fingerprint density at radius 1 is 0.593 bits per heavy atom. The van der Waals surface area contributed by atoms with Crippen LogP contribution in [0.2, 0.25) is 0 Å². The number of rotatable bonds is 3. The van der Waals surface area contributed by atoms with Crippen LogP contribution in [0.4, 0.5) is 5.69 Å². The molecule has 0 radical (unpaired) electrons. The van der Waals surface area contributed by atoms with Crippen molar-refractivity contribution in [3.8, 4) is 16.8 Å². The summed E-state index contributed by atoms with van der Waals surface area (Å²) in [6.45, 7) is 0. The number of benzene rings is 4. The first kappa shape index (κ1) is 15.7. The highest BCUT2D eigenvalue weighted by molar-refractivity contribution is 6.10. The molecule has 130 valence electrons. The number of anilines is 1. The molecule has 5 aromatic rings. The van der Waals surface area contributed by atoms with Gasteiger partial charge in [0.2, 0.25) is 0 Å². The standard InChI is InChI=1S/C25H20N2/c1-26-20-9-7-8-18(16-20)19-14-15-23-22-12-5-6-13-24(22)27(25(23)17-19)21-10-3-2-4-11-21/h2-17,26H,1H3. The molecule has 0 amide bonds. The molecule has 0 aliphatic carbocycles. The minimum atomic E-state index is 1.12. The maximum absolute atomic E-state index is 3.23. The van der Waals surface area contributed by atoms with Crippen molar-refractivity contribution in [2.45, 2.75) is 0 Å². The molecule has 0 unspecified atom stereocenters. The molecular weight excluding hydrogens is 328 g/mol. The van der Waals surface area contributed by atoms with Crippen molar-refractivity contribution in [3.63, 3.8) is 0 Å². The summed E-state index contributed by atoms with van der Waals surface area (Å²) in [5, 5.41) is 5.79. The van der Waals surface area contributed by atoms with Gasteiger partial charge in [0.15, 0.2) is 0 Å². The van der Waals surface area contributed by atoms with E-state index in [9.17, 15) is 0 Å². The monoisotopic (exact) mass is 348 g/mol. The molecule has 4 aromatic carbocycles. The molecule has 1 aromatic heterocycles. The zero-order valence-corrected chi connectivity index (χ0v) is 15.2. The third kappa shape index (κ3) is 2.58. The summed E-state index contributed by atoms with van der Waals surface area (Å²) in [5.41, 5.74) is 7.21. The van der Waals surface area contributed by atoms with Crippen LogP contribution in [0.25, 0.3) is 38.6 Å². The van der Waals surface area contributed by atoms with Gasteiger partial charge in [-0.2, -0.15) is 0 Å². The second kappa shape index (κ2) is 6.33. The Morgan fingerprint density at radius 2 is 1.33 bits per heavy atom. The molecule has 5 rings (SSSR count). The first-order valence-electron chi connectivity index (χ1n) is 9.22. The first-order chi connectivity index (χ1) is 13.3. The molecule has 0 spiro atoms. The van der Waals surface area contributed by atoms with Crippen molar-refractivity contribution in [2.24, 2.45) is 0 Å². The highest BCUT2D eigenvalue weighted by atomic mass is 15.0. The van der Waals surface area contributed by atoms with Crippen molar-refractivity contribution in [2.75, 3.05) is 12.4 Å². The Morgan fingerprint density at radius 3 is 2.19 bits per heavy atom. The number of hydrogen-bond acceptors (Lipinski definition) is 1. The summed E-state index contributed by atoms with van der Waals surface area (Å²) in [5.74, 6) is 0. The van der Waals surface area contributed by atoms with Gasteiger partial charge in [0.1, 0.15) is 0 Å². The Labute approximate surface area is 158 Å². The van der Waals surface area contributed by atoms with E-state index >= 15 is 0 Å². The topological polar surface area (TPSA) is 17.0 Å². The zero-order valence-electron chi connectivity index (χ0n) is 15.2. The van der Waals surface area contributed by atoms with Gasteiger partial charge in [0.05, 0.1) is 11.0 Å². The summed E-state index contributed by atoms with van der Waals surface area (Å²) >= 11 is 0. The van der Waals surface area contributed by atoms with E-state index in [1.165, 1.54) is 38.6 Å². The third-order valence-corrected chi connectivity index (χ3v) is 5.17. The van der Waals surface area contributed by atoms with E-state index in [0.29, 0.717) is 0 Å². The number of fused-ring (bicyclic) bond motifs is 3. The predicted octanol–water partition coefficient (Wildman–Crippen LogP) is 6.49. The summed E-state index contributed by atoms with van der Waals surface area (Å²) < 4.78 is 2.36. The molecule has 0 saturated carbocycles. The van der Waals surface area contributed by atoms with E-state index in [1.54, 1.807) is 0 Å². The molecule has 0 saturated heterocycles. The van der Waals surface area contributed by atoms with Crippen LogP contribution in [0, 0.1) is 0 Å². The molecule has 1 heterocycles. The van der Waals surface area contributed by atoms with Crippen LogP contribution in [-0.2, 0) is 0 Å². The second-order valence-corrected chi connectivity index (χ2v) is 6.75. The predicted molar refractivity (Wildman–Crippen MR) is 116 cm³/mol. The van der Waals surface area contributed by atoms with E-state index in [4.69, 9.17) is 0 Å². The van der Waals surface area contributed by atoms with Crippen LogP contribution in [0.15, 0.2) is 97.1 Å². The van der Waals surface area contributed by atoms with E-state index in [2.05, 4.69) is 107 Å². The van der Waals surface area contributed by atoms with Crippen LogP contribution >= 0.6 is 0 Å². The SMILES string of the molecule is CNc1cccc(-c2ccc3c4ccccc4n(-c4ccccc4)c3c2)c1. The summed E-state index contributed by atoms with van der Waals surface area (Å²) in [6.07, 6.45) is 0. The van der Waals surface area contributed by atoms with Gasteiger partial charge in [0, 0.05) is 29.2 Å². The zero-order chi connectivity index (χ0) is 18.2. The molecule has 0 atom stereocenters. The van der Waals surface area contributed by atoms with Gasteiger partial charge in [-0.3, -0.25) is 0 Å². The number of nitrogens with zero attached hydrogens (tertiary/aromatic N) is 1. The van der Waals surface area contributed by atoms with Crippen LogP contribution in [-0.4, -0.2) is 11.6 Å². The lowest BCUT2D eigenvalue weighted by atomic mass is 10.0. The maximum atomic E-state index is 3.23. The van der Waals surface area contributed by atoms with Crippen molar-refractivity contribution in [1.82, 2.24) is 4.57 Å². The molecule has 0 bridgehead atoms. The quantitative estimate of drug-likeness (QED) is 0.394. The number of nitrogens with one attached hydrogen (secondary N) is 1. The lowest BCUT2D eigenvalue weighted by Gasteiger charge is -2.09. The molecule has 0 fully saturated rings. The fourth-order valence-corrected chi connectivity index (χ4v) is 3.86. The molecule has 0 aliphatic rings. The van der Waals surface area contributed by atoms with E-state index in [-0.39, 0.29) is 0 Å². The fraction of sp³-hybridized carbons (Fsp3) is 0.0400. The maximum Gasteiger partial charge on any atom is 0.0547 e. The molecular formula is C25H20N2. The Bertz CT molecular complexity index is 1250. The lowest BCUT2D eigenvalue weighted by molar-refractivity contribution is 1.18. The van der Waals surface area contributed by atoms with Gasteiger partial charge in [0.25, 0.3) is 0 Å². The first-order valence-corrected chi connectivity index (χ1v) is 9.22. The van der Waals surface area contributed by atoms with E-state index in [0.717, 1.165) is 5.69 Å². The second-order valence-electron chi connectivity index (χ2n) is 6.75. The average Bonchev–Trinajstić information content (AvgIpc) is 3.08. The molecule has 0 aliphatic heterocycles. The fourth-order valence-electron chi connectivity index (χ4n) is 3.86. The van der Waals surface area contributed by atoms with Crippen LogP contribution in [0.3, 0.4) is 0 Å². The minimum Gasteiger partial charge on any atom is -0.388 e. The van der Waals surface area contributed by atoms with Crippen LogP contribution < -0.4 is 5.32 Å². The Hall–Kier alpha value is -3.52. The number of hydrogen-bond donors (Lipinski definition) is 1. The highest BCUT2D eigenvalue weighted by Gasteiger charge is 2.12. The van der Waals surface area contributed by atoms with E-state index < -0.39 is 0 Å². The molecule has 27 heavy (non-hydrogen) atoms. The van der Waals surface area contributed by atoms with Gasteiger partial charge >= 0.3 is 0 Å². The largest absolute Gasteiger partial charge is 0.388 e. The average molecular weight is 348 g/mol. The highest BCUT2D eigenvalue weighted by Crippen LogP contribution is 2.35. The smallest absolute Gasteiger partial charge is 0.0547 e. The molecule has 2 heteroatoms. The van der Waals surface area contributed by atoms with Gasteiger partial charge in [-0.05, 0) is 47.5 Å². The van der Waals surface area contributed by atoms with Crippen molar-refractivity contribution >= 4 is 27.5 Å². The Balaban J connectivity index is 1.83.